The number of nitrogens with two attached hydrogens (primary N) is 1. The van der Waals surface area contributed by atoms with Crippen LogP contribution in [0.1, 0.15) is 13.8 Å². The first-order chi connectivity index (χ1) is 5.10. The lowest BCUT2D eigenvalue weighted by atomic mass is 10.4. The summed E-state index contributed by atoms with van der Waals surface area (Å²) >= 11 is 0. The third-order valence-electron chi connectivity index (χ3n) is 3.03. The molecule has 2 N–H and O–H groups in total. The maximum atomic E-state index is 6.46. The summed E-state index contributed by atoms with van der Waals surface area (Å²) in [4.78, 5) is 0. The average Bonchev–Trinajstić information content (AvgIpc) is 1.83. The van der Waals surface area contributed by atoms with Crippen LogP contribution in [0.3, 0.4) is 0 Å². The van der Waals surface area contributed by atoms with Crippen molar-refractivity contribution in [3.63, 3.8) is 0 Å². The molecule has 0 bridgehead atoms. The van der Waals surface area contributed by atoms with Gasteiger partial charge in [0.1, 0.15) is 0 Å². The summed E-state index contributed by atoms with van der Waals surface area (Å²) in [7, 11) is -0.592. The van der Waals surface area contributed by atoms with Gasteiger partial charge in [0.05, 0.1) is 7.59 Å². The second kappa shape index (κ2) is 3.61. The van der Waals surface area contributed by atoms with E-state index in [1.807, 2.05) is 0 Å². The average molecular weight is 204 g/mol. The summed E-state index contributed by atoms with van der Waals surface area (Å²) in [5.41, 5.74) is 0. The normalized spacial score (nSPS) is 18.5. The van der Waals surface area contributed by atoms with Crippen LogP contribution in [0.5, 0.6) is 0 Å². The van der Waals surface area contributed by atoms with Crippen LogP contribution in [0.4, 0.5) is 0 Å². The maximum absolute atomic E-state index is 6.46. The maximum Gasteiger partial charge on any atom is 0.183 e. The molecule has 0 aromatic rings. The molecule has 0 aromatic heterocycles. The van der Waals surface area contributed by atoms with E-state index in [-0.39, 0.29) is 0 Å². The van der Waals surface area contributed by atoms with Crippen molar-refractivity contribution in [2.24, 2.45) is 5.40 Å². The fourth-order valence-corrected chi connectivity index (χ4v) is 7.15. The Kier molecular flexibility index (Phi) is 3.72. The van der Waals surface area contributed by atoms with Crippen molar-refractivity contribution < 1.29 is 0 Å². The zero-order chi connectivity index (χ0) is 10.2. The predicted octanol–water partition coefficient (Wildman–Crippen LogP) is 1.77. The summed E-state index contributed by atoms with van der Waals surface area (Å²) in [6, 6.07) is 0.582. The lowest BCUT2D eigenvalue weighted by molar-refractivity contribution is 0.424. The van der Waals surface area contributed by atoms with Gasteiger partial charge in [-0.1, -0.05) is 33.5 Å². The first kappa shape index (κ1) is 12.4. The number of hydrogen-bond donors (Lipinski definition) is 1. The van der Waals surface area contributed by atoms with Crippen molar-refractivity contribution in [1.29, 1.82) is 0 Å². The van der Waals surface area contributed by atoms with Crippen LogP contribution in [0.2, 0.25) is 26.2 Å². The van der Waals surface area contributed by atoms with Crippen LogP contribution in [0, 0.1) is 0 Å². The molecule has 0 radical (unpaired) electrons. The zero-order valence-electron chi connectivity index (χ0n) is 9.60. The second-order valence-corrected chi connectivity index (χ2v) is 20.1. The SMILES string of the molecule is CC(C)N(C)[Si](C)(N)[Si](C)(C)C. The molecule has 0 spiro atoms. The molecule has 0 aliphatic heterocycles. The summed E-state index contributed by atoms with van der Waals surface area (Å²) in [6.45, 7) is 13.9. The quantitative estimate of drug-likeness (QED) is 0.710. The Bertz CT molecular complexity index is 150. The number of nitrogens with zero attached hydrogens (tertiary/aromatic N) is 1. The van der Waals surface area contributed by atoms with E-state index in [2.05, 4.69) is 51.6 Å². The van der Waals surface area contributed by atoms with E-state index in [0.29, 0.717) is 6.04 Å². The van der Waals surface area contributed by atoms with E-state index >= 15 is 0 Å². The molecule has 0 fully saturated rings. The second-order valence-electron chi connectivity index (χ2n) is 5.10. The molecule has 1 atom stereocenters. The van der Waals surface area contributed by atoms with E-state index in [4.69, 9.17) is 5.40 Å². The van der Waals surface area contributed by atoms with Crippen molar-refractivity contribution in [1.82, 2.24) is 4.57 Å². The minimum absolute atomic E-state index is 0.582. The highest BCUT2D eigenvalue weighted by Crippen LogP contribution is 2.18. The molecular weight excluding hydrogens is 180 g/mol. The van der Waals surface area contributed by atoms with Crippen LogP contribution < -0.4 is 5.40 Å². The molecule has 12 heavy (non-hydrogen) atoms. The highest BCUT2D eigenvalue weighted by molar-refractivity contribution is 7.38. The Labute approximate surface area is 79.1 Å². The molecule has 0 aliphatic rings. The molecule has 74 valence electrons. The van der Waals surface area contributed by atoms with Crippen molar-refractivity contribution in [3.8, 4) is 0 Å². The largest absolute Gasteiger partial charge is 0.341 e. The van der Waals surface area contributed by atoms with Crippen molar-refractivity contribution in [2.45, 2.75) is 46.1 Å². The van der Waals surface area contributed by atoms with Crippen molar-refractivity contribution in [2.75, 3.05) is 7.05 Å². The van der Waals surface area contributed by atoms with Crippen LogP contribution >= 0.6 is 0 Å². The minimum atomic E-state index is -1.60. The van der Waals surface area contributed by atoms with Crippen LogP contribution in [0.25, 0.3) is 0 Å². The number of hydrogen-bond acceptors (Lipinski definition) is 2. The summed E-state index contributed by atoms with van der Waals surface area (Å²) in [5, 5.41) is 6.46. The van der Waals surface area contributed by atoms with Gasteiger partial charge < -0.3 is 9.96 Å². The Morgan fingerprint density at radius 2 is 1.42 bits per heavy atom. The van der Waals surface area contributed by atoms with E-state index in [0.717, 1.165) is 0 Å². The zero-order valence-corrected chi connectivity index (χ0v) is 11.6. The summed E-state index contributed by atoms with van der Waals surface area (Å²) in [6.07, 6.45) is 0. The third kappa shape index (κ3) is 2.42. The van der Waals surface area contributed by atoms with Gasteiger partial charge in [0, 0.05) is 0 Å². The van der Waals surface area contributed by atoms with Gasteiger partial charge in [-0.25, -0.2) is 0 Å². The first-order valence-corrected chi connectivity index (χ1v) is 11.6. The Hall–Kier alpha value is 0.354. The van der Waals surface area contributed by atoms with Gasteiger partial charge in [0.2, 0.25) is 0 Å². The Morgan fingerprint density at radius 1 is 1.08 bits per heavy atom. The molecular formula is C8H24N2Si2. The topological polar surface area (TPSA) is 29.3 Å². The molecule has 0 heterocycles. The minimum Gasteiger partial charge on any atom is -0.341 e. The smallest absolute Gasteiger partial charge is 0.183 e. The highest BCUT2D eigenvalue weighted by atomic mass is 29.3. The molecule has 0 amide bonds. The lowest BCUT2D eigenvalue weighted by Crippen LogP contribution is -2.73. The lowest BCUT2D eigenvalue weighted by Gasteiger charge is -2.44. The van der Waals surface area contributed by atoms with E-state index in [1.165, 1.54) is 0 Å². The van der Waals surface area contributed by atoms with Gasteiger partial charge in [-0.2, -0.15) is 0 Å². The Morgan fingerprint density at radius 3 is 1.50 bits per heavy atom. The van der Waals surface area contributed by atoms with Gasteiger partial charge in [-0.15, -0.1) is 0 Å². The van der Waals surface area contributed by atoms with Crippen molar-refractivity contribution >= 4 is 15.5 Å². The molecule has 2 nitrogen and oxygen atoms in total. The van der Waals surface area contributed by atoms with Gasteiger partial charge in [-0.05, 0) is 19.6 Å². The van der Waals surface area contributed by atoms with E-state index in [1.54, 1.807) is 0 Å². The standard InChI is InChI=1S/C8H24N2Si2/c1-8(2)10(3)12(7,9)11(4,5)6/h8H,9H2,1-7H3. The van der Waals surface area contributed by atoms with Gasteiger partial charge in [0.15, 0.2) is 7.91 Å². The van der Waals surface area contributed by atoms with Gasteiger partial charge in [0.25, 0.3) is 0 Å². The molecule has 0 aromatic carbocycles. The fourth-order valence-electron chi connectivity index (χ4n) is 1.07. The molecule has 0 aliphatic carbocycles. The van der Waals surface area contributed by atoms with E-state index < -0.39 is 15.5 Å². The van der Waals surface area contributed by atoms with Crippen LogP contribution in [-0.2, 0) is 0 Å². The van der Waals surface area contributed by atoms with Gasteiger partial charge >= 0.3 is 0 Å². The highest BCUT2D eigenvalue weighted by Gasteiger charge is 2.42. The monoisotopic (exact) mass is 204 g/mol. The van der Waals surface area contributed by atoms with Crippen LogP contribution in [-0.4, -0.2) is 33.2 Å². The van der Waals surface area contributed by atoms with E-state index in [9.17, 15) is 0 Å². The molecule has 0 saturated heterocycles. The molecule has 1 unspecified atom stereocenters. The third-order valence-corrected chi connectivity index (χ3v) is 18.2. The summed E-state index contributed by atoms with van der Waals surface area (Å²) < 4.78 is 2.42. The Balaban J connectivity index is 4.61. The van der Waals surface area contributed by atoms with Crippen LogP contribution in [0.15, 0.2) is 0 Å². The first-order valence-electron chi connectivity index (χ1n) is 4.62. The summed E-state index contributed by atoms with van der Waals surface area (Å²) in [5.74, 6) is 0. The molecule has 4 heteroatoms. The molecule has 0 rings (SSSR count). The predicted molar refractivity (Wildman–Crippen MR) is 62.1 cm³/mol. The number of rotatable bonds is 3. The van der Waals surface area contributed by atoms with Crippen molar-refractivity contribution in [3.05, 3.63) is 0 Å². The fraction of sp³-hybridized carbons (Fsp3) is 1.00. The van der Waals surface area contributed by atoms with Gasteiger partial charge in [-0.3, -0.25) is 0 Å². The molecule has 0 saturated carbocycles.